The molecule has 2 heterocycles. The van der Waals surface area contributed by atoms with Gasteiger partial charge in [0.15, 0.2) is 0 Å². The molecule has 3 aromatic rings. The molecule has 3 rings (SSSR count). The van der Waals surface area contributed by atoms with Crippen LogP contribution in [0.4, 0.5) is 11.4 Å². The Hall–Kier alpha value is -3.02. The van der Waals surface area contributed by atoms with Gasteiger partial charge in [-0.15, -0.1) is 0 Å². The lowest BCUT2D eigenvalue weighted by Crippen LogP contribution is -2.17. The summed E-state index contributed by atoms with van der Waals surface area (Å²) in [6.07, 6.45) is 5.06. The summed E-state index contributed by atoms with van der Waals surface area (Å²) in [5.41, 5.74) is 0.298. The van der Waals surface area contributed by atoms with Crippen molar-refractivity contribution in [3.8, 4) is 0 Å². The normalized spacial score (nSPS) is 11.8. The van der Waals surface area contributed by atoms with Crippen LogP contribution in [-0.2, 0) is 20.0 Å². The summed E-state index contributed by atoms with van der Waals surface area (Å²) in [7, 11) is -8.22. The summed E-state index contributed by atoms with van der Waals surface area (Å²) < 4.78 is 60.2. The fraction of sp³-hybridized carbons (Fsp3) is 0. The maximum Gasteiger partial charge on any atom is 0.295 e. The minimum Gasteiger partial charge on any atom is -0.443 e. The third kappa shape index (κ3) is 4.36. The van der Waals surface area contributed by atoms with Gasteiger partial charge in [0.25, 0.3) is 20.0 Å². The zero-order chi connectivity index (χ0) is 21.2. The number of halogens is 1. The number of aromatic nitrogens is 2. The Morgan fingerprint density at radius 2 is 1.76 bits per heavy atom. The standard InChI is InChI=1S/C17H15ClN4O5S2/c1-3-11-7-17(27-16(11)4-2)29(25,26)22-15-8-12(18)5-6-14(15)21-28(23,24)13-9-19-20-10-13/h3-10,21-22H,1-2H2,(H,19,20). The van der Waals surface area contributed by atoms with E-state index in [9.17, 15) is 16.8 Å². The smallest absolute Gasteiger partial charge is 0.295 e. The highest BCUT2D eigenvalue weighted by atomic mass is 35.5. The summed E-state index contributed by atoms with van der Waals surface area (Å²) in [4.78, 5) is -0.126. The van der Waals surface area contributed by atoms with Crippen LogP contribution in [0.3, 0.4) is 0 Å². The van der Waals surface area contributed by atoms with Gasteiger partial charge in [-0.3, -0.25) is 14.5 Å². The first-order valence-corrected chi connectivity index (χ1v) is 11.2. The fourth-order valence-corrected chi connectivity index (χ4v) is 4.52. The van der Waals surface area contributed by atoms with Gasteiger partial charge in [0.1, 0.15) is 10.7 Å². The maximum atomic E-state index is 12.7. The topological polar surface area (TPSA) is 134 Å². The minimum atomic E-state index is -4.21. The molecule has 3 N–H and O–H groups in total. The zero-order valence-corrected chi connectivity index (χ0v) is 17.1. The van der Waals surface area contributed by atoms with E-state index in [4.69, 9.17) is 16.0 Å². The van der Waals surface area contributed by atoms with Gasteiger partial charge in [0, 0.05) is 22.8 Å². The number of furan rings is 1. The first-order valence-electron chi connectivity index (χ1n) is 7.89. The maximum absolute atomic E-state index is 12.7. The number of sulfonamides is 2. The lowest BCUT2D eigenvalue weighted by molar-refractivity contribution is 0.445. The van der Waals surface area contributed by atoms with Crippen molar-refractivity contribution in [2.24, 2.45) is 0 Å². The fourth-order valence-electron chi connectivity index (χ4n) is 2.32. The van der Waals surface area contributed by atoms with Crippen molar-refractivity contribution in [1.29, 1.82) is 0 Å². The van der Waals surface area contributed by atoms with E-state index in [1.54, 1.807) is 0 Å². The number of aromatic amines is 1. The van der Waals surface area contributed by atoms with Crippen LogP contribution in [0.25, 0.3) is 12.2 Å². The molecule has 12 heteroatoms. The first kappa shape index (κ1) is 20.7. The van der Waals surface area contributed by atoms with Gasteiger partial charge in [-0.1, -0.05) is 30.8 Å². The molecule has 29 heavy (non-hydrogen) atoms. The molecule has 0 saturated heterocycles. The Balaban J connectivity index is 1.99. The molecular weight excluding hydrogens is 440 g/mol. The van der Waals surface area contributed by atoms with Crippen LogP contribution >= 0.6 is 11.6 Å². The molecule has 0 fully saturated rings. The van der Waals surface area contributed by atoms with Gasteiger partial charge < -0.3 is 4.42 Å². The van der Waals surface area contributed by atoms with Crippen LogP contribution in [0.1, 0.15) is 11.3 Å². The molecule has 1 aromatic carbocycles. The summed E-state index contributed by atoms with van der Waals surface area (Å²) in [6.45, 7) is 7.14. The SMILES string of the molecule is C=Cc1cc(S(=O)(=O)Nc2cc(Cl)ccc2NS(=O)(=O)c2cn[nH]c2)oc1C=C. The Bertz CT molecular complexity index is 1250. The van der Waals surface area contributed by atoms with Crippen LogP contribution in [0.2, 0.25) is 5.02 Å². The van der Waals surface area contributed by atoms with Crippen LogP contribution in [0.15, 0.2) is 64.2 Å². The van der Waals surface area contributed by atoms with E-state index in [-0.39, 0.29) is 27.1 Å². The third-order valence-corrected chi connectivity index (χ3v) is 6.48. The number of rotatable bonds is 8. The van der Waals surface area contributed by atoms with Crippen LogP contribution in [0, 0.1) is 0 Å². The molecule has 152 valence electrons. The number of anilines is 2. The Morgan fingerprint density at radius 1 is 1.03 bits per heavy atom. The number of H-pyrrole nitrogens is 1. The molecule has 0 spiro atoms. The molecule has 0 aliphatic rings. The van der Waals surface area contributed by atoms with Gasteiger partial charge >= 0.3 is 0 Å². The van der Waals surface area contributed by atoms with Gasteiger partial charge in [-0.05, 0) is 24.3 Å². The van der Waals surface area contributed by atoms with Gasteiger partial charge in [-0.25, -0.2) is 8.42 Å². The summed E-state index contributed by atoms with van der Waals surface area (Å²) in [5, 5.41) is 5.77. The second-order valence-corrected chi connectivity index (χ2v) is 9.36. The summed E-state index contributed by atoms with van der Waals surface area (Å²) in [6, 6.07) is 5.26. The van der Waals surface area contributed by atoms with E-state index in [1.807, 2.05) is 0 Å². The number of hydrogen-bond donors (Lipinski definition) is 3. The largest absolute Gasteiger partial charge is 0.443 e. The molecule has 0 atom stereocenters. The summed E-state index contributed by atoms with van der Waals surface area (Å²) in [5.74, 6) is 0.229. The second-order valence-electron chi connectivity index (χ2n) is 5.63. The average Bonchev–Trinajstić information content (AvgIpc) is 3.33. The highest BCUT2D eigenvalue weighted by Gasteiger charge is 2.24. The Morgan fingerprint density at radius 3 is 2.34 bits per heavy atom. The molecule has 0 unspecified atom stereocenters. The van der Waals surface area contributed by atoms with E-state index >= 15 is 0 Å². The Labute approximate surface area is 172 Å². The van der Waals surface area contributed by atoms with E-state index in [0.29, 0.717) is 5.56 Å². The van der Waals surface area contributed by atoms with Crippen molar-refractivity contribution in [2.75, 3.05) is 9.44 Å². The van der Waals surface area contributed by atoms with Crippen molar-refractivity contribution >= 4 is 55.2 Å². The van der Waals surface area contributed by atoms with Gasteiger partial charge in [0.05, 0.1) is 17.6 Å². The van der Waals surface area contributed by atoms with E-state index in [2.05, 4.69) is 32.8 Å². The average molecular weight is 455 g/mol. The number of benzene rings is 1. The van der Waals surface area contributed by atoms with Crippen molar-refractivity contribution in [1.82, 2.24) is 10.2 Å². The highest BCUT2D eigenvalue weighted by molar-refractivity contribution is 7.93. The van der Waals surface area contributed by atoms with Crippen LogP contribution in [-0.4, -0.2) is 27.0 Å². The van der Waals surface area contributed by atoms with Crippen molar-refractivity contribution in [2.45, 2.75) is 9.99 Å². The number of nitrogens with zero attached hydrogens (tertiary/aromatic N) is 1. The van der Waals surface area contributed by atoms with Crippen molar-refractivity contribution in [3.05, 3.63) is 66.2 Å². The minimum absolute atomic E-state index is 0.0429. The quantitative estimate of drug-likeness (QED) is 0.476. The zero-order valence-electron chi connectivity index (χ0n) is 14.7. The predicted molar refractivity (Wildman–Crippen MR) is 111 cm³/mol. The monoisotopic (exact) mass is 454 g/mol. The lowest BCUT2D eigenvalue weighted by atomic mass is 10.2. The molecule has 9 nitrogen and oxygen atoms in total. The molecule has 0 saturated carbocycles. The van der Waals surface area contributed by atoms with E-state index in [0.717, 1.165) is 6.20 Å². The number of nitrogens with one attached hydrogen (secondary N) is 3. The number of hydrogen-bond acceptors (Lipinski definition) is 6. The molecule has 0 radical (unpaired) electrons. The summed E-state index contributed by atoms with van der Waals surface area (Å²) >= 11 is 5.96. The first-order chi connectivity index (χ1) is 13.7. The van der Waals surface area contributed by atoms with Crippen molar-refractivity contribution < 1.29 is 21.3 Å². The molecular formula is C17H15ClN4O5S2. The van der Waals surface area contributed by atoms with Crippen LogP contribution in [0.5, 0.6) is 0 Å². The Kier molecular flexibility index (Phi) is 5.55. The van der Waals surface area contributed by atoms with Crippen molar-refractivity contribution in [3.63, 3.8) is 0 Å². The molecule has 0 amide bonds. The highest BCUT2D eigenvalue weighted by Crippen LogP contribution is 2.31. The molecule has 2 aromatic heterocycles. The molecule has 0 aliphatic carbocycles. The van der Waals surface area contributed by atoms with Crippen LogP contribution < -0.4 is 9.44 Å². The molecule has 0 bridgehead atoms. The second kappa shape index (κ2) is 7.78. The lowest BCUT2D eigenvalue weighted by Gasteiger charge is -2.13. The third-order valence-electron chi connectivity index (χ3n) is 3.69. The van der Waals surface area contributed by atoms with Gasteiger partial charge in [0.2, 0.25) is 5.09 Å². The van der Waals surface area contributed by atoms with E-state index in [1.165, 1.54) is 42.6 Å². The van der Waals surface area contributed by atoms with Gasteiger partial charge in [-0.2, -0.15) is 13.5 Å². The van der Waals surface area contributed by atoms with E-state index < -0.39 is 25.1 Å². The predicted octanol–water partition coefficient (Wildman–Crippen LogP) is 3.54. The molecule has 0 aliphatic heterocycles.